The van der Waals surface area contributed by atoms with Gasteiger partial charge in [0, 0.05) is 24.4 Å². The van der Waals surface area contributed by atoms with Gasteiger partial charge in [-0.15, -0.1) is 13.2 Å². The highest BCUT2D eigenvalue weighted by Crippen LogP contribution is 2.36. The number of phenols is 1. The number of aliphatic imine (C=N–C) groups is 1. The molecule has 0 spiro atoms. The van der Waals surface area contributed by atoms with Gasteiger partial charge in [0.15, 0.2) is 4.90 Å². The molecule has 0 radical (unpaired) electrons. The molecule has 1 fully saturated rings. The van der Waals surface area contributed by atoms with E-state index in [1.165, 1.54) is 18.2 Å². The maximum atomic E-state index is 13.2. The Kier molecular flexibility index (Phi) is 7.67. The van der Waals surface area contributed by atoms with E-state index in [0.29, 0.717) is 53.2 Å². The van der Waals surface area contributed by atoms with E-state index >= 15 is 0 Å². The van der Waals surface area contributed by atoms with Crippen LogP contribution >= 0.6 is 0 Å². The monoisotopic (exact) mass is 571 g/mol. The smallest absolute Gasteiger partial charge is 0.578 e. The van der Waals surface area contributed by atoms with Gasteiger partial charge in [0.05, 0.1) is 52.5 Å². The van der Waals surface area contributed by atoms with Gasteiger partial charge >= 0.3 is 5.51 Å². The van der Waals surface area contributed by atoms with Gasteiger partial charge in [0.25, 0.3) is 0 Å². The Bertz CT molecular complexity index is 1580. The number of anilines is 1. The second kappa shape index (κ2) is 11.0. The van der Waals surface area contributed by atoms with E-state index in [9.17, 15) is 22.8 Å². The number of halogens is 3. The van der Waals surface area contributed by atoms with Crippen molar-refractivity contribution in [1.29, 1.82) is 0 Å². The third kappa shape index (κ3) is 5.60. The van der Waals surface area contributed by atoms with Crippen molar-refractivity contribution in [3.63, 3.8) is 0 Å². The summed E-state index contributed by atoms with van der Waals surface area (Å²) < 4.78 is 58.7. The van der Waals surface area contributed by atoms with Crippen LogP contribution in [0.4, 0.5) is 24.5 Å². The minimum absolute atomic E-state index is 0.00949. The molecule has 1 aliphatic rings. The normalized spacial score (nSPS) is 16.9. The molecule has 1 saturated heterocycles. The largest absolute Gasteiger partial charge is 0.604 e. The third-order valence-corrected chi connectivity index (χ3v) is 7.92. The average molecular weight is 572 g/mol. The van der Waals surface area contributed by atoms with Crippen LogP contribution < -0.4 is 11.1 Å². The fraction of sp³-hybridized carbons (Fsp3) is 0.286. The van der Waals surface area contributed by atoms with E-state index < -0.39 is 16.7 Å². The molecular weight excluding hydrogens is 543 g/mol. The maximum Gasteiger partial charge on any atom is 0.578 e. The molecule has 2 aromatic carbocycles. The lowest BCUT2D eigenvalue weighted by Gasteiger charge is -2.17. The molecule has 0 bridgehead atoms. The predicted octanol–water partition coefficient (Wildman–Crippen LogP) is 5.44. The summed E-state index contributed by atoms with van der Waals surface area (Å²) in [4.78, 5) is 4.32. The van der Waals surface area contributed by atoms with Crippen molar-refractivity contribution in [2.75, 3.05) is 18.5 Å². The lowest BCUT2D eigenvalue weighted by molar-refractivity contribution is -0.0435. The van der Waals surface area contributed by atoms with Crippen molar-refractivity contribution >= 4 is 33.9 Å². The molecule has 40 heavy (non-hydrogen) atoms. The number of nitrogens with two attached hydrogens (primary N) is 1. The van der Waals surface area contributed by atoms with Crippen LogP contribution in [0.1, 0.15) is 30.0 Å². The molecule has 0 saturated carbocycles. The molecule has 2 aromatic heterocycles. The maximum absolute atomic E-state index is 13.2. The number of nitrogens with one attached hydrogen (secondary N) is 1. The minimum atomic E-state index is -4.86. The number of benzene rings is 2. The van der Waals surface area contributed by atoms with Crippen LogP contribution in [0, 0.1) is 6.92 Å². The number of nitrogens with zero attached hydrogens (tertiary/aromatic N) is 3. The molecule has 0 amide bonds. The van der Waals surface area contributed by atoms with E-state index in [1.54, 1.807) is 42.0 Å². The molecule has 2 atom stereocenters. The van der Waals surface area contributed by atoms with Gasteiger partial charge in [-0.1, -0.05) is 13.0 Å². The van der Waals surface area contributed by atoms with Gasteiger partial charge in [-0.05, 0) is 66.8 Å². The Morgan fingerprint density at radius 2 is 2.08 bits per heavy atom. The highest BCUT2D eigenvalue weighted by molar-refractivity contribution is 7.92. The summed E-state index contributed by atoms with van der Waals surface area (Å²) in [7, 11) is 0. The molecule has 210 valence electrons. The summed E-state index contributed by atoms with van der Waals surface area (Å²) in [5.41, 5.74) is 6.78. The first-order chi connectivity index (χ1) is 19.0. The first kappa shape index (κ1) is 27.8. The summed E-state index contributed by atoms with van der Waals surface area (Å²) >= 11 is -3.15. The topological polar surface area (TPSA) is 120 Å². The van der Waals surface area contributed by atoms with Crippen molar-refractivity contribution in [3.8, 4) is 16.9 Å². The van der Waals surface area contributed by atoms with Crippen LogP contribution in [0.25, 0.3) is 16.6 Å². The summed E-state index contributed by atoms with van der Waals surface area (Å²) in [6, 6.07) is 10.8. The minimum Gasteiger partial charge on any atom is -0.604 e. The number of amidine groups is 1. The fourth-order valence-corrected chi connectivity index (χ4v) is 5.40. The molecule has 2 unspecified atom stereocenters. The standard InChI is InChI=1S/C28H28F3N5O3S/c1-3-17-10-20(37)5-7-24(17)35-27(32)23-13-33-36-14-18(11-25(36)26(23)34-19-8-9-39-15-19)22-12-21(6-4-16(22)2)40(38)28(29,30)31/h4-7,10-14,19,34,37H,3,8-9,15H2,1-2H3,(H2,32,35). The van der Waals surface area contributed by atoms with E-state index in [1.807, 2.05) is 13.0 Å². The molecule has 4 N–H and O–H groups in total. The van der Waals surface area contributed by atoms with Crippen molar-refractivity contribution in [3.05, 3.63) is 71.5 Å². The SMILES string of the molecule is CCc1cc(O)ccc1/N=C(\N)c1cnn2cc(-c3cc([S+]([O-])C(F)(F)F)ccc3C)cc2c1NC1CCOC1. The highest BCUT2D eigenvalue weighted by atomic mass is 32.2. The van der Waals surface area contributed by atoms with E-state index in [-0.39, 0.29) is 22.5 Å². The Balaban J connectivity index is 1.63. The number of aromatic nitrogens is 2. The van der Waals surface area contributed by atoms with Crippen molar-refractivity contribution < 1.29 is 27.6 Å². The zero-order valence-corrected chi connectivity index (χ0v) is 22.6. The number of aryl methyl sites for hydroxylation is 2. The quantitative estimate of drug-likeness (QED) is 0.154. The number of aromatic hydroxyl groups is 1. The number of phenolic OH excluding ortho intramolecular Hbond substituents is 1. The van der Waals surface area contributed by atoms with E-state index in [4.69, 9.17) is 10.5 Å². The summed E-state index contributed by atoms with van der Waals surface area (Å²) in [6.45, 7) is 4.84. The van der Waals surface area contributed by atoms with Gasteiger partial charge < -0.3 is 25.4 Å². The van der Waals surface area contributed by atoms with Crippen molar-refractivity contribution in [2.45, 2.75) is 43.1 Å². The number of ether oxygens (including phenoxy) is 1. The number of fused-ring (bicyclic) bond motifs is 1. The van der Waals surface area contributed by atoms with Crippen LogP contribution in [0.2, 0.25) is 0 Å². The second-order valence-corrected chi connectivity index (χ2v) is 11.0. The van der Waals surface area contributed by atoms with Crippen LogP contribution in [0.3, 0.4) is 0 Å². The van der Waals surface area contributed by atoms with Crippen LogP contribution in [-0.4, -0.2) is 49.9 Å². The van der Waals surface area contributed by atoms with E-state index in [2.05, 4.69) is 15.4 Å². The van der Waals surface area contributed by atoms with Gasteiger partial charge in [-0.25, -0.2) is 9.51 Å². The number of alkyl halides is 3. The van der Waals surface area contributed by atoms with Crippen LogP contribution in [0.15, 0.2) is 64.7 Å². The van der Waals surface area contributed by atoms with Crippen molar-refractivity contribution in [1.82, 2.24) is 9.61 Å². The molecule has 8 nitrogen and oxygen atoms in total. The first-order valence-electron chi connectivity index (χ1n) is 12.7. The Labute approximate surface area is 231 Å². The highest BCUT2D eigenvalue weighted by Gasteiger charge is 2.46. The molecule has 12 heteroatoms. The van der Waals surface area contributed by atoms with Gasteiger partial charge in [0.1, 0.15) is 11.6 Å². The van der Waals surface area contributed by atoms with Crippen LogP contribution in [0.5, 0.6) is 5.75 Å². The number of hydrogen-bond donors (Lipinski definition) is 3. The zero-order valence-electron chi connectivity index (χ0n) is 21.8. The van der Waals surface area contributed by atoms with Gasteiger partial charge in [-0.3, -0.25) is 0 Å². The molecule has 3 heterocycles. The predicted molar refractivity (Wildman–Crippen MR) is 149 cm³/mol. The zero-order chi connectivity index (χ0) is 28.6. The fourth-order valence-electron chi connectivity index (χ4n) is 4.72. The Morgan fingerprint density at radius 3 is 2.77 bits per heavy atom. The lowest BCUT2D eigenvalue weighted by Crippen LogP contribution is -2.24. The summed E-state index contributed by atoms with van der Waals surface area (Å²) in [5, 5.41) is 17.9. The van der Waals surface area contributed by atoms with Crippen molar-refractivity contribution in [2.24, 2.45) is 10.7 Å². The molecular formula is C28H28F3N5O3S. The molecule has 5 rings (SSSR count). The Hall–Kier alpha value is -3.74. The van der Waals surface area contributed by atoms with Gasteiger partial charge in [0.2, 0.25) is 0 Å². The third-order valence-electron chi connectivity index (χ3n) is 6.82. The molecule has 0 aliphatic carbocycles. The summed E-state index contributed by atoms with van der Waals surface area (Å²) in [6.07, 6.45) is 4.71. The molecule has 4 aromatic rings. The summed E-state index contributed by atoms with van der Waals surface area (Å²) in [5.74, 6) is 0.346. The number of hydrogen-bond acceptors (Lipinski definition) is 6. The molecule has 1 aliphatic heterocycles. The average Bonchev–Trinajstić information content (AvgIpc) is 3.59. The second-order valence-electron chi connectivity index (χ2n) is 9.55. The number of rotatable bonds is 7. The lowest BCUT2D eigenvalue weighted by atomic mass is 10.0. The van der Waals surface area contributed by atoms with Crippen LogP contribution in [-0.2, 0) is 22.3 Å². The first-order valence-corrected chi connectivity index (χ1v) is 13.8. The van der Waals surface area contributed by atoms with Gasteiger partial charge in [-0.2, -0.15) is 5.10 Å². The Morgan fingerprint density at radius 1 is 1.27 bits per heavy atom. The van der Waals surface area contributed by atoms with E-state index in [0.717, 1.165) is 17.5 Å².